The third-order valence-electron chi connectivity index (χ3n) is 5.81. The van der Waals surface area contributed by atoms with E-state index in [0.717, 1.165) is 55.6 Å². The molecule has 1 aliphatic carbocycles. The maximum Gasteiger partial charge on any atom is 0.414 e. The van der Waals surface area contributed by atoms with Gasteiger partial charge in [0.2, 0.25) is 0 Å². The van der Waals surface area contributed by atoms with Gasteiger partial charge in [0.15, 0.2) is 0 Å². The number of ether oxygens (including phenoxy) is 1. The van der Waals surface area contributed by atoms with Crippen molar-refractivity contribution in [2.45, 2.75) is 77.9 Å². The third kappa shape index (κ3) is 4.42. The molecular weight excluding hydrogens is 368 g/mol. The summed E-state index contributed by atoms with van der Waals surface area (Å²) in [4.78, 5) is 29.0. The largest absolute Gasteiger partial charge is 0.478 e. The lowest BCUT2D eigenvalue weighted by molar-refractivity contribution is 0.0579. The number of hydrogen-bond acceptors (Lipinski definition) is 4. The molecule has 0 radical (unpaired) electrons. The SMILES string of the molecule is CCCN(CCC)[C@H]1Cc2c(C(=O)O)ccc3c2[C@H](C1)CN3C(=O)OC(C)(C)C. The van der Waals surface area contributed by atoms with Crippen LogP contribution in [0.4, 0.5) is 10.5 Å². The molecule has 160 valence electrons. The molecule has 3 rings (SSSR count). The van der Waals surface area contributed by atoms with Crippen LogP contribution in [0, 0.1) is 0 Å². The zero-order valence-electron chi connectivity index (χ0n) is 18.3. The molecule has 6 nitrogen and oxygen atoms in total. The third-order valence-corrected chi connectivity index (χ3v) is 5.81. The van der Waals surface area contributed by atoms with Crippen molar-refractivity contribution >= 4 is 17.7 Å². The van der Waals surface area contributed by atoms with Gasteiger partial charge >= 0.3 is 12.1 Å². The minimum atomic E-state index is -0.893. The molecular formula is C23H34N2O4. The quantitative estimate of drug-likeness (QED) is 0.749. The van der Waals surface area contributed by atoms with Crippen LogP contribution in [0.1, 0.15) is 81.3 Å². The summed E-state index contributed by atoms with van der Waals surface area (Å²) in [5.41, 5.74) is 2.57. The highest BCUT2D eigenvalue weighted by Crippen LogP contribution is 2.47. The van der Waals surface area contributed by atoms with E-state index in [9.17, 15) is 14.7 Å². The summed E-state index contributed by atoms with van der Waals surface area (Å²) in [6, 6.07) is 3.74. The van der Waals surface area contributed by atoms with E-state index >= 15 is 0 Å². The summed E-state index contributed by atoms with van der Waals surface area (Å²) in [6.07, 6.45) is 3.47. The van der Waals surface area contributed by atoms with Crippen molar-refractivity contribution in [3.63, 3.8) is 0 Å². The van der Waals surface area contributed by atoms with Crippen LogP contribution in [0.5, 0.6) is 0 Å². The van der Waals surface area contributed by atoms with Crippen LogP contribution in [0.25, 0.3) is 0 Å². The van der Waals surface area contributed by atoms with Crippen LogP contribution in [-0.4, -0.2) is 53.3 Å². The fourth-order valence-electron chi connectivity index (χ4n) is 4.83. The highest BCUT2D eigenvalue weighted by molar-refractivity contribution is 5.96. The smallest absolute Gasteiger partial charge is 0.414 e. The van der Waals surface area contributed by atoms with Crippen LogP contribution in [0.3, 0.4) is 0 Å². The van der Waals surface area contributed by atoms with E-state index in [2.05, 4.69) is 18.7 Å². The fourth-order valence-corrected chi connectivity index (χ4v) is 4.83. The molecule has 6 heteroatoms. The number of carbonyl (C=O) groups excluding carboxylic acids is 1. The molecule has 0 aromatic heterocycles. The molecule has 0 bridgehead atoms. The van der Waals surface area contributed by atoms with Gasteiger partial charge in [0.1, 0.15) is 5.60 Å². The summed E-state index contributed by atoms with van der Waals surface area (Å²) in [5, 5.41) is 9.78. The molecule has 1 aromatic rings. The molecule has 1 N–H and O–H groups in total. The molecule has 0 spiro atoms. The fraction of sp³-hybridized carbons (Fsp3) is 0.652. The Morgan fingerprint density at radius 2 is 1.86 bits per heavy atom. The molecule has 0 saturated carbocycles. The summed E-state index contributed by atoms with van der Waals surface area (Å²) < 4.78 is 5.62. The minimum absolute atomic E-state index is 0.154. The number of amides is 1. The van der Waals surface area contributed by atoms with Crippen molar-refractivity contribution in [3.8, 4) is 0 Å². The van der Waals surface area contributed by atoms with E-state index in [4.69, 9.17) is 4.74 Å². The van der Waals surface area contributed by atoms with Crippen LogP contribution in [0.15, 0.2) is 12.1 Å². The average molecular weight is 403 g/mol. The Kier molecular flexibility index (Phi) is 6.22. The summed E-state index contributed by atoms with van der Waals surface area (Å²) in [5.74, 6) is -0.739. The topological polar surface area (TPSA) is 70.1 Å². The number of rotatable bonds is 6. The summed E-state index contributed by atoms with van der Waals surface area (Å²) in [6.45, 7) is 12.5. The number of hydrogen-bond donors (Lipinski definition) is 1. The Labute approximate surface area is 173 Å². The van der Waals surface area contributed by atoms with Gasteiger partial charge in [-0.3, -0.25) is 4.90 Å². The second-order valence-electron chi connectivity index (χ2n) is 9.25. The lowest BCUT2D eigenvalue weighted by atomic mass is 9.78. The maximum atomic E-state index is 12.8. The van der Waals surface area contributed by atoms with E-state index in [1.165, 1.54) is 0 Å². The van der Waals surface area contributed by atoms with Gasteiger partial charge in [0.05, 0.1) is 11.3 Å². The van der Waals surface area contributed by atoms with Gasteiger partial charge < -0.3 is 14.7 Å². The van der Waals surface area contributed by atoms with Gasteiger partial charge in [0, 0.05) is 18.5 Å². The van der Waals surface area contributed by atoms with Crippen molar-refractivity contribution < 1.29 is 19.4 Å². The number of benzene rings is 1. The van der Waals surface area contributed by atoms with Gasteiger partial charge in [-0.1, -0.05) is 13.8 Å². The minimum Gasteiger partial charge on any atom is -0.478 e. The first-order valence-corrected chi connectivity index (χ1v) is 10.8. The van der Waals surface area contributed by atoms with Crippen LogP contribution >= 0.6 is 0 Å². The molecule has 29 heavy (non-hydrogen) atoms. The number of aromatic carboxylic acids is 1. The second-order valence-corrected chi connectivity index (χ2v) is 9.25. The van der Waals surface area contributed by atoms with Gasteiger partial charge in [-0.15, -0.1) is 0 Å². The first-order valence-electron chi connectivity index (χ1n) is 10.8. The Balaban J connectivity index is 1.98. The monoisotopic (exact) mass is 402 g/mol. The predicted octanol–water partition coefficient (Wildman–Crippen LogP) is 4.66. The Morgan fingerprint density at radius 1 is 1.21 bits per heavy atom. The predicted molar refractivity (Wildman–Crippen MR) is 114 cm³/mol. The van der Waals surface area contributed by atoms with Crippen molar-refractivity contribution in [2.24, 2.45) is 0 Å². The molecule has 2 atom stereocenters. The normalized spacial score (nSPS) is 20.7. The Morgan fingerprint density at radius 3 is 2.41 bits per heavy atom. The standard InChI is InChI=1S/C23H34N2O4/c1-6-10-24(11-7-2)16-12-15-14-25(22(28)29-23(3,4)5)19-9-8-17(21(26)27)18(13-16)20(15)19/h8-9,15-16H,6-7,10-14H2,1-5H3,(H,26,27)/t15-,16-/m1/s1. The van der Waals surface area contributed by atoms with E-state index < -0.39 is 11.6 Å². The zero-order chi connectivity index (χ0) is 21.3. The molecule has 0 unspecified atom stereocenters. The van der Waals surface area contributed by atoms with E-state index in [1.54, 1.807) is 17.0 Å². The van der Waals surface area contributed by atoms with Gasteiger partial charge in [-0.25, -0.2) is 9.59 Å². The molecule has 2 aliphatic rings. The second kappa shape index (κ2) is 8.34. The van der Waals surface area contributed by atoms with Crippen molar-refractivity contribution in [1.29, 1.82) is 0 Å². The summed E-state index contributed by atoms with van der Waals surface area (Å²) >= 11 is 0. The molecule has 1 heterocycles. The first kappa shape index (κ1) is 21.6. The van der Waals surface area contributed by atoms with E-state index in [-0.39, 0.29) is 12.0 Å². The highest BCUT2D eigenvalue weighted by Gasteiger charge is 2.42. The number of anilines is 1. The van der Waals surface area contributed by atoms with Gasteiger partial charge in [-0.2, -0.15) is 0 Å². The van der Waals surface area contributed by atoms with Gasteiger partial charge in [-0.05, 0) is 82.8 Å². The van der Waals surface area contributed by atoms with Crippen molar-refractivity contribution in [1.82, 2.24) is 4.90 Å². The Hall–Kier alpha value is -2.08. The van der Waals surface area contributed by atoms with Crippen molar-refractivity contribution in [2.75, 3.05) is 24.5 Å². The number of nitrogens with zero attached hydrogens (tertiary/aromatic N) is 2. The molecule has 1 aromatic carbocycles. The van der Waals surface area contributed by atoms with E-state index in [1.807, 2.05) is 20.8 Å². The number of carboxylic acids is 1. The summed E-state index contributed by atoms with van der Waals surface area (Å²) in [7, 11) is 0. The molecule has 1 amide bonds. The average Bonchev–Trinajstić information content (AvgIpc) is 3.00. The lowest BCUT2D eigenvalue weighted by Crippen LogP contribution is -2.42. The maximum absolute atomic E-state index is 12.8. The Bertz CT molecular complexity index is 778. The van der Waals surface area contributed by atoms with Crippen LogP contribution < -0.4 is 4.90 Å². The van der Waals surface area contributed by atoms with Crippen LogP contribution in [-0.2, 0) is 11.2 Å². The van der Waals surface area contributed by atoms with Gasteiger partial charge in [0.25, 0.3) is 0 Å². The number of carboxylic acid groups (broad SMARTS) is 1. The molecule has 0 saturated heterocycles. The highest BCUT2D eigenvalue weighted by atomic mass is 16.6. The lowest BCUT2D eigenvalue weighted by Gasteiger charge is -2.37. The zero-order valence-corrected chi connectivity index (χ0v) is 18.3. The van der Waals surface area contributed by atoms with Crippen molar-refractivity contribution in [3.05, 3.63) is 28.8 Å². The molecule has 0 fully saturated rings. The number of carbonyl (C=O) groups is 2. The van der Waals surface area contributed by atoms with E-state index in [0.29, 0.717) is 18.2 Å². The molecule has 1 aliphatic heterocycles. The van der Waals surface area contributed by atoms with Crippen LogP contribution in [0.2, 0.25) is 0 Å². The first-order chi connectivity index (χ1) is 13.7.